The van der Waals surface area contributed by atoms with Gasteiger partial charge in [-0.05, 0) is 63.4 Å². The van der Waals surface area contributed by atoms with Crippen molar-refractivity contribution < 1.29 is 14.7 Å². The van der Waals surface area contributed by atoms with Crippen LogP contribution in [0.2, 0.25) is 5.02 Å². The highest BCUT2D eigenvalue weighted by Gasteiger charge is 2.33. The fourth-order valence-electron chi connectivity index (χ4n) is 3.23. The number of aromatic nitrogens is 1. The van der Waals surface area contributed by atoms with Crippen molar-refractivity contribution in [2.75, 3.05) is 5.32 Å². The van der Waals surface area contributed by atoms with Gasteiger partial charge in [0.05, 0.1) is 5.92 Å². The normalized spacial score (nSPS) is 15.9. The predicted octanol–water partition coefficient (Wildman–Crippen LogP) is 3.64. The van der Waals surface area contributed by atoms with Crippen LogP contribution >= 0.6 is 11.6 Å². The molecule has 0 bridgehead atoms. The predicted molar refractivity (Wildman–Crippen MR) is 104 cm³/mol. The molecule has 7 heteroatoms. The number of phenols is 1. The monoisotopic (exact) mass is 387 g/mol. The number of aromatic hydroxyl groups is 1. The number of hydrogen-bond acceptors (Lipinski definition) is 4. The lowest BCUT2D eigenvalue weighted by atomic mass is 9.99. The Bertz CT molecular complexity index is 906. The molecule has 2 amide bonds. The Morgan fingerprint density at radius 1 is 1.26 bits per heavy atom. The molecule has 0 saturated carbocycles. The fraction of sp³-hybridized carbons (Fsp3) is 0.350. The highest BCUT2D eigenvalue weighted by molar-refractivity contribution is 6.31. The van der Waals surface area contributed by atoms with E-state index in [1.165, 1.54) is 18.3 Å². The third-order valence-corrected chi connectivity index (χ3v) is 4.73. The smallest absolute Gasteiger partial charge is 0.270 e. The van der Waals surface area contributed by atoms with Crippen molar-refractivity contribution in [2.24, 2.45) is 0 Å². The van der Waals surface area contributed by atoms with Gasteiger partial charge < -0.3 is 15.7 Å². The fourth-order valence-corrected chi connectivity index (χ4v) is 3.49. The van der Waals surface area contributed by atoms with Gasteiger partial charge in [-0.25, -0.2) is 0 Å². The van der Waals surface area contributed by atoms with E-state index in [4.69, 9.17) is 11.6 Å². The molecule has 0 unspecified atom stereocenters. The third kappa shape index (κ3) is 4.22. The molecule has 0 fully saturated rings. The van der Waals surface area contributed by atoms with Gasteiger partial charge >= 0.3 is 0 Å². The summed E-state index contributed by atoms with van der Waals surface area (Å²) in [6.45, 7) is 5.64. The number of nitrogens with zero attached hydrogens (tertiary/aromatic N) is 1. The average Bonchev–Trinajstić information content (AvgIpc) is 3.03. The van der Waals surface area contributed by atoms with Crippen LogP contribution in [0.5, 0.6) is 5.75 Å². The highest BCUT2D eigenvalue weighted by atomic mass is 35.5. The number of benzene rings is 1. The van der Waals surface area contributed by atoms with Crippen LogP contribution in [0.4, 0.5) is 5.69 Å². The number of pyridine rings is 1. The zero-order chi connectivity index (χ0) is 19.8. The van der Waals surface area contributed by atoms with Crippen LogP contribution in [0.3, 0.4) is 0 Å². The SMILES string of the molecule is CC(C)(C)NC(=O)c1cc(NC(=O)[C@H]2CCc3c(Cl)ccc(O)c32)ccn1. The van der Waals surface area contributed by atoms with Gasteiger partial charge in [0.1, 0.15) is 11.4 Å². The van der Waals surface area contributed by atoms with Crippen molar-refractivity contribution in [1.29, 1.82) is 0 Å². The zero-order valence-corrected chi connectivity index (χ0v) is 16.2. The van der Waals surface area contributed by atoms with E-state index in [9.17, 15) is 14.7 Å². The van der Waals surface area contributed by atoms with E-state index >= 15 is 0 Å². The number of fused-ring (bicyclic) bond motifs is 1. The number of halogens is 1. The molecule has 1 aliphatic carbocycles. The summed E-state index contributed by atoms with van der Waals surface area (Å²) >= 11 is 6.18. The van der Waals surface area contributed by atoms with E-state index in [1.54, 1.807) is 12.1 Å². The lowest BCUT2D eigenvalue weighted by Crippen LogP contribution is -2.40. The number of rotatable bonds is 3. The first-order valence-electron chi connectivity index (χ1n) is 8.75. The number of carbonyl (C=O) groups excluding carboxylic acids is 2. The molecule has 6 nitrogen and oxygen atoms in total. The minimum Gasteiger partial charge on any atom is -0.508 e. The molecule has 0 saturated heterocycles. The van der Waals surface area contributed by atoms with Crippen molar-refractivity contribution >= 4 is 29.1 Å². The largest absolute Gasteiger partial charge is 0.508 e. The van der Waals surface area contributed by atoms with Crippen LogP contribution in [0, 0.1) is 0 Å². The molecule has 1 aliphatic rings. The molecule has 3 rings (SSSR count). The highest BCUT2D eigenvalue weighted by Crippen LogP contribution is 2.42. The van der Waals surface area contributed by atoms with Crippen LogP contribution < -0.4 is 10.6 Å². The van der Waals surface area contributed by atoms with E-state index in [-0.39, 0.29) is 28.8 Å². The number of nitrogens with one attached hydrogen (secondary N) is 2. The number of anilines is 1. The molecule has 1 atom stereocenters. The lowest BCUT2D eigenvalue weighted by Gasteiger charge is -2.20. The van der Waals surface area contributed by atoms with Gasteiger partial charge in [0.2, 0.25) is 5.91 Å². The molecule has 0 radical (unpaired) electrons. The Morgan fingerprint density at radius 3 is 2.70 bits per heavy atom. The summed E-state index contributed by atoms with van der Waals surface area (Å²) in [7, 11) is 0. The Hall–Kier alpha value is -2.60. The zero-order valence-electron chi connectivity index (χ0n) is 15.5. The maximum absolute atomic E-state index is 12.8. The number of phenolic OH excluding ortho intramolecular Hbond substituents is 1. The Balaban J connectivity index is 1.78. The Labute approximate surface area is 163 Å². The van der Waals surface area contributed by atoms with Gasteiger partial charge in [-0.3, -0.25) is 14.6 Å². The van der Waals surface area contributed by atoms with Crippen LogP contribution in [-0.2, 0) is 11.2 Å². The molecule has 1 heterocycles. The van der Waals surface area contributed by atoms with Gasteiger partial charge in [0.15, 0.2) is 0 Å². The van der Waals surface area contributed by atoms with Crippen molar-refractivity contribution in [3.05, 3.63) is 52.3 Å². The van der Waals surface area contributed by atoms with Gasteiger partial charge in [-0.15, -0.1) is 0 Å². The maximum Gasteiger partial charge on any atom is 0.270 e. The van der Waals surface area contributed by atoms with Crippen molar-refractivity contribution in [3.63, 3.8) is 0 Å². The molecule has 27 heavy (non-hydrogen) atoms. The summed E-state index contributed by atoms with van der Waals surface area (Å²) in [5.74, 6) is -0.973. The second-order valence-corrected chi connectivity index (χ2v) is 8.08. The first kappa shape index (κ1) is 19.2. The quantitative estimate of drug-likeness (QED) is 0.749. The first-order chi connectivity index (χ1) is 12.7. The molecule has 0 aliphatic heterocycles. The first-order valence-corrected chi connectivity index (χ1v) is 9.13. The second kappa shape index (κ2) is 7.19. The van der Waals surface area contributed by atoms with Gasteiger partial charge in [0, 0.05) is 28.0 Å². The van der Waals surface area contributed by atoms with Crippen molar-refractivity contribution in [3.8, 4) is 5.75 Å². The van der Waals surface area contributed by atoms with Crippen LogP contribution in [0.15, 0.2) is 30.5 Å². The van der Waals surface area contributed by atoms with Crippen molar-refractivity contribution in [1.82, 2.24) is 10.3 Å². The summed E-state index contributed by atoms with van der Waals surface area (Å²) in [6, 6.07) is 6.30. The molecule has 1 aromatic heterocycles. The van der Waals surface area contributed by atoms with Crippen LogP contribution in [0.1, 0.15) is 54.7 Å². The number of amides is 2. The van der Waals surface area contributed by atoms with E-state index in [0.717, 1.165) is 5.56 Å². The van der Waals surface area contributed by atoms with Gasteiger partial charge in [0.25, 0.3) is 5.91 Å². The molecule has 142 valence electrons. The topological polar surface area (TPSA) is 91.3 Å². The lowest BCUT2D eigenvalue weighted by molar-refractivity contribution is -0.117. The molecule has 3 N–H and O–H groups in total. The van der Waals surface area contributed by atoms with Gasteiger partial charge in [-0.2, -0.15) is 0 Å². The van der Waals surface area contributed by atoms with Crippen LogP contribution in [-0.4, -0.2) is 27.4 Å². The Morgan fingerprint density at radius 2 is 2.00 bits per heavy atom. The van der Waals surface area contributed by atoms with Crippen LogP contribution in [0.25, 0.3) is 0 Å². The third-order valence-electron chi connectivity index (χ3n) is 4.37. The summed E-state index contributed by atoms with van der Waals surface area (Å²) in [4.78, 5) is 29.1. The second-order valence-electron chi connectivity index (χ2n) is 7.67. The molecular weight excluding hydrogens is 366 g/mol. The minimum atomic E-state index is -0.487. The summed E-state index contributed by atoms with van der Waals surface area (Å²) < 4.78 is 0. The molecule has 0 spiro atoms. The van der Waals surface area contributed by atoms with E-state index in [1.807, 2.05) is 20.8 Å². The summed E-state index contributed by atoms with van der Waals surface area (Å²) in [6.07, 6.45) is 2.68. The van der Waals surface area contributed by atoms with Crippen molar-refractivity contribution in [2.45, 2.75) is 45.1 Å². The van der Waals surface area contributed by atoms with E-state index < -0.39 is 5.92 Å². The summed E-state index contributed by atoms with van der Waals surface area (Å²) in [5, 5.41) is 16.4. The van der Waals surface area contributed by atoms with E-state index in [0.29, 0.717) is 29.1 Å². The average molecular weight is 388 g/mol. The molecular formula is C20H22ClN3O3. The standard InChI is InChI=1S/C20H22ClN3O3/c1-20(2,3)24-19(27)15-10-11(8-9-22-15)23-18(26)13-5-4-12-14(21)6-7-16(25)17(12)13/h6-10,13,25H,4-5H2,1-3H3,(H,24,27)(H,22,23,26)/t13-/m0/s1. The van der Waals surface area contributed by atoms with Gasteiger partial charge in [-0.1, -0.05) is 11.6 Å². The molecule has 2 aromatic rings. The molecule has 1 aromatic carbocycles. The maximum atomic E-state index is 12.8. The summed E-state index contributed by atoms with van der Waals surface area (Å²) in [5.41, 5.74) is 1.71. The Kier molecular flexibility index (Phi) is 5.11. The number of carbonyl (C=O) groups is 2. The minimum absolute atomic E-state index is 0.0759. The number of hydrogen-bond donors (Lipinski definition) is 3. The van der Waals surface area contributed by atoms with E-state index in [2.05, 4.69) is 15.6 Å².